The number of nitrogens with one attached hydrogen (secondary N) is 1. The Balaban J connectivity index is 2.12. The van der Waals surface area contributed by atoms with Crippen molar-refractivity contribution in [3.63, 3.8) is 0 Å². The Morgan fingerprint density at radius 3 is 2.84 bits per heavy atom. The summed E-state index contributed by atoms with van der Waals surface area (Å²) < 4.78 is 3.15. The van der Waals surface area contributed by atoms with E-state index >= 15 is 0 Å². The van der Waals surface area contributed by atoms with Crippen molar-refractivity contribution < 1.29 is 0 Å². The number of likely N-dealkylation sites (N-methyl/N-ethyl adjacent to an activating group) is 1. The standard InChI is InChI=1S/C13H19BrN4S/c1-9(2)6-18-13(16-8-17-18)5-11(15-3)12-4-10(14)7-19-12/h4,7-9,11,15H,5-6H2,1-3H3. The van der Waals surface area contributed by atoms with Crippen molar-refractivity contribution in [2.24, 2.45) is 5.92 Å². The molecule has 0 fully saturated rings. The summed E-state index contributed by atoms with van der Waals surface area (Å²) in [6.07, 6.45) is 2.50. The van der Waals surface area contributed by atoms with Crippen LogP contribution in [0.2, 0.25) is 0 Å². The molecule has 4 nitrogen and oxygen atoms in total. The first-order valence-electron chi connectivity index (χ1n) is 6.38. The molecule has 104 valence electrons. The summed E-state index contributed by atoms with van der Waals surface area (Å²) in [7, 11) is 1.99. The molecule has 1 atom stereocenters. The quantitative estimate of drug-likeness (QED) is 0.875. The first-order chi connectivity index (χ1) is 9.10. The van der Waals surface area contributed by atoms with Crippen molar-refractivity contribution in [1.29, 1.82) is 0 Å². The zero-order chi connectivity index (χ0) is 13.8. The van der Waals surface area contributed by atoms with Gasteiger partial charge in [-0.3, -0.25) is 0 Å². The molecule has 2 heterocycles. The minimum absolute atomic E-state index is 0.284. The molecule has 0 amide bonds. The minimum Gasteiger partial charge on any atom is -0.312 e. The minimum atomic E-state index is 0.284. The van der Waals surface area contributed by atoms with Gasteiger partial charge in [0.05, 0.1) is 0 Å². The van der Waals surface area contributed by atoms with Crippen LogP contribution in [0.5, 0.6) is 0 Å². The fourth-order valence-corrected chi connectivity index (χ4v) is 3.54. The highest BCUT2D eigenvalue weighted by molar-refractivity contribution is 9.10. The first kappa shape index (κ1) is 14.7. The second-order valence-electron chi connectivity index (χ2n) is 4.96. The van der Waals surface area contributed by atoms with Gasteiger partial charge in [-0.2, -0.15) is 5.10 Å². The molecule has 0 aliphatic carbocycles. The van der Waals surface area contributed by atoms with Crippen molar-refractivity contribution >= 4 is 27.3 Å². The van der Waals surface area contributed by atoms with E-state index in [0.717, 1.165) is 23.3 Å². The number of thiophene rings is 1. The normalized spacial score (nSPS) is 13.1. The molecule has 1 unspecified atom stereocenters. The van der Waals surface area contributed by atoms with Crippen molar-refractivity contribution in [1.82, 2.24) is 20.1 Å². The van der Waals surface area contributed by atoms with Crippen molar-refractivity contribution in [2.45, 2.75) is 32.9 Å². The van der Waals surface area contributed by atoms with Crippen LogP contribution in [0.25, 0.3) is 0 Å². The molecule has 0 aromatic carbocycles. The van der Waals surface area contributed by atoms with E-state index in [1.54, 1.807) is 17.7 Å². The first-order valence-corrected chi connectivity index (χ1v) is 8.05. The Hall–Kier alpha value is -0.720. The third kappa shape index (κ3) is 3.87. The van der Waals surface area contributed by atoms with Crippen LogP contribution in [-0.2, 0) is 13.0 Å². The molecule has 0 aliphatic rings. The van der Waals surface area contributed by atoms with E-state index in [0.29, 0.717) is 5.92 Å². The van der Waals surface area contributed by atoms with E-state index in [1.807, 2.05) is 11.7 Å². The Labute approximate surface area is 126 Å². The maximum absolute atomic E-state index is 4.39. The van der Waals surface area contributed by atoms with Crippen LogP contribution in [0.1, 0.15) is 30.6 Å². The van der Waals surface area contributed by atoms with Gasteiger partial charge < -0.3 is 5.32 Å². The molecule has 2 aromatic rings. The Morgan fingerprint density at radius 2 is 2.26 bits per heavy atom. The molecule has 2 aromatic heterocycles. The van der Waals surface area contributed by atoms with Gasteiger partial charge in [-0.15, -0.1) is 11.3 Å². The molecule has 1 N–H and O–H groups in total. The third-order valence-electron chi connectivity index (χ3n) is 2.90. The molecular formula is C13H19BrN4S. The monoisotopic (exact) mass is 342 g/mol. The predicted octanol–water partition coefficient (Wildman–Crippen LogP) is 3.26. The molecule has 0 saturated carbocycles. The third-order valence-corrected chi connectivity index (χ3v) is 4.71. The Morgan fingerprint density at radius 1 is 1.47 bits per heavy atom. The van der Waals surface area contributed by atoms with E-state index in [9.17, 15) is 0 Å². The van der Waals surface area contributed by atoms with Crippen molar-refractivity contribution in [3.8, 4) is 0 Å². The van der Waals surface area contributed by atoms with Gasteiger partial charge in [0.1, 0.15) is 12.2 Å². The number of hydrogen-bond donors (Lipinski definition) is 1. The molecule has 19 heavy (non-hydrogen) atoms. The fraction of sp³-hybridized carbons (Fsp3) is 0.538. The van der Waals surface area contributed by atoms with E-state index in [4.69, 9.17) is 0 Å². The summed E-state index contributed by atoms with van der Waals surface area (Å²) >= 11 is 5.26. The zero-order valence-corrected chi connectivity index (χ0v) is 13.8. The lowest BCUT2D eigenvalue weighted by Crippen LogP contribution is -2.21. The molecule has 0 saturated heterocycles. The second kappa shape index (κ2) is 6.63. The van der Waals surface area contributed by atoms with Gasteiger partial charge in [-0.05, 0) is 35.0 Å². The van der Waals surface area contributed by atoms with Crippen LogP contribution >= 0.6 is 27.3 Å². The summed E-state index contributed by atoms with van der Waals surface area (Å²) in [5.74, 6) is 1.61. The molecule has 0 aliphatic heterocycles. The van der Waals surface area contributed by atoms with Gasteiger partial charge in [0, 0.05) is 33.7 Å². The Bertz CT molecular complexity index is 520. The molecule has 0 spiro atoms. The van der Waals surface area contributed by atoms with E-state index < -0.39 is 0 Å². The smallest absolute Gasteiger partial charge is 0.138 e. The van der Waals surface area contributed by atoms with Crippen LogP contribution in [-0.4, -0.2) is 21.8 Å². The number of halogens is 1. The topological polar surface area (TPSA) is 42.7 Å². The largest absolute Gasteiger partial charge is 0.312 e. The summed E-state index contributed by atoms with van der Waals surface area (Å²) in [5.41, 5.74) is 0. The highest BCUT2D eigenvalue weighted by atomic mass is 79.9. The lowest BCUT2D eigenvalue weighted by molar-refractivity contribution is 0.452. The number of nitrogens with zero attached hydrogens (tertiary/aromatic N) is 3. The zero-order valence-electron chi connectivity index (χ0n) is 11.4. The van der Waals surface area contributed by atoms with Crippen LogP contribution in [0.3, 0.4) is 0 Å². The molecule has 2 rings (SSSR count). The lowest BCUT2D eigenvalue weighted by atomic mass is 10.1. The van der Waals surface area contributed by atoms with E-state index in [-0.39, 0.29) is 6.04 Å². The van der Waals surface area contributed by atoms with Gasteiger partial charge in [-0.25, -0.2) is 9.67 Å². The molecular weight excluding hydrogens is 324 g/mol. The number of aromatic nitrogens is 3. The summed E-state index contributed by atoms with van der Waals surface area (Å²) in [4.78, 5) is 5.71. The molecule has 0 radical (unpaired) electrons. The van der Waals surface area contributed by atoms with Gasteiger partial charge in [0.15, 0.2) is 0 Å². The average Bonchev–Trinajstić information content (AvgIpc) is 2.95. The molecule has 6 heteroatoms. The van der Waals surface area contributed by atoms with E-state index in [1.165, 1.54) is 4.88 Å². The van der Waals surface area contributed by atoms with Gasteiger partial charge >= 0.3 is 0 Å². The number of rotatable bonds is 6. The van der Waals surface area contributed by atoms with Crippen molar-refractivity contribution in [3.05, 3.63) is 32.9 Å². The van der Waals surface area contributed by atoms with E-state index in [2.05, 4.69) is 56.6 Å². The predicted molar refractivity (Wildman–Crippen MR) is 82.4 cm³/mol. The SMILES string of the molecule is CNC(Cc1ncnn1CC(C)C)c1cc(Br)cs1. The lowest BCUT2D eigenvalue weighted by Gasteiger charge is -2.15. The van der Waals surface area contributed by atoms with Gasteiger partial charge in [0.2, 0.25) is 0 Å². The highest BCUT2D eigenvalue weighted by Gasteiger charge is 2.16. The maximum atomic E-state index is 4.39. The second-order valence-corrected chi connectivity index (χ2v) is 6.82. The highest BCUT2D eigenvalue weighted by Crippen LogP contribution is 2.27. The Kier molecular flexibility index (Phi) is 5.13. The van der Waals surface area contributed by atoms with Crippen LogP contribution < -0.4 is 5.32 Å². The summed E-state index contributed by atoms with van der Waals surface area (Å²) in [5, 5.41) is 9.78. The molecule has 0 bridgehead atoms. The average molecular weight is 343 g/mol. The van der Waals surface area contributed by atoms with Crippen LogP contribution in [0.15, 0.2) is 22.2 Å². The van der Waals surface area contributed by atoms with Crippen LogP contribution in [0.4, 0.5) is 0 Å². The fourth-order valence-electron chi connectivity index (χ4n) is 1.98. The summed E-state index contributed by atoms with van der Waals surface area (Å²) in [6, 6.07) is 2.45. The van der Waals surface area contributed by atoms with Crippen molar-refractivity contribution in [2.75, 3.05) is 7.05 Å². The number of hydrogen-bond acceptors (Lipinski definition) is 4. The van der Waals surface area contributed by atoms with Gasteiger partial charge in [0.25, 0.3) is 0 Å². The maximum Gasteiger partial charge on any atom is 0.138 e. The van der Waals surface area contributed by atoms with Crippen LogP contribution in [0, 0.1) is 5.92 Å². The summed E-state index contributed by atoms with van der Waals surface area (Å²) in [6.45, 7) is 5.30. The van der Waals surface area contributed by atoms with Gasteiger partial charge in [-0.1, -0.05) is 13.8 Å².